The van der Waals surface area contributed by atoms with Crippen LogP contribution in [-0.2, 0) is 14.3 Å². The Morgan fingerprint density at radius 1 is 1.26 bits per heavy atom. The van der Waals surface area contributed by atoms with Crippen molar-refractivity contribution >= 4 is 10.1 Å². The number of hydrogen-bond acceptors (Lipinski definition) is 3. The van der Waals surface area contributed by atoms with Gasteiger partial charge in [-0.05, 0) is 44.2 Å². The van der Waals surface area contributed by atoms with E-state index in [1.165, 1.54) is 0 Å². The maximum Gasteiger partial charge on any atom is 0.296 e. The fraction of sp³-hybridized carbons (Fsp3) is 0.467. The predicted molar refractivity (Wildman–Crippen MR) is 77.5 cm³/mol. The normalized spacial score (nSPS) is 13.2. The molecule has 1 aromatic carbocycles. The highest BCUT2D eigenvalue weighted by molar-refractivity contribution is 7.86. The van der Waals surface area contributed by atoms with Crippen LogP contribution in [0.1, 0.15) is 31.7 Å². The van der Waals surface area contributed by atoms with E-state index in [9.17, 15) is 8.42 Å². The molecule has 19 heavy (non-hydrogen) atoms. The third-order valence-corrected chi connectivity index (χ3v) is 4.35. The quantitative estimate of drug-likeness (QED) is 0.539. The van der Waals surface area contributed by atoms with Crippen LogP contribution in [0.15, 0.2) is 41.8 Å². The van der Waals surface area contributed by atoms with E-state index in [0.717, 1.165) is 24.8 Å². The van der Waals surface area contributed by atoms with Gasteiger partial charge in [0.2, 0.25) is 0 Å². The molecule has 0 aliphatic carbocycles. The lowest BCUT2D eigenvalue weighted by Gasteiger charge is -2.10. The molecule has 4 heteroatoms. The smallest absolute Gasteiger partial charge is 0.266 e. The molecule has 0 radical (unpaired) electrons. The second kappa shape index (κ2) is 7.46. The number of hydrogen-bond donors (Lipinski definition) is 0. The molecule has 3 nitrogen and oxygen atoms in total. The second-order valence-corrected chi connectivity index (χ2v) is 6.46. The molecule has 1 rings (SSSR count). The van der Waals surface area contributed by atoms with Crippen LogP contribution >= 0.6 is 0 Å². The first-order chi connectivity index (χ1) is 8.95. The van der Waals surface area contributed by atoms with Crippen LogP contribution in [0, 0.1) is 12.8 Å². The van der Waals surface area contributed by atoms with Crippen LogP contribution < -0.4 is 0 Å². The van der Waals surface area contributed by atoms with E-state index >= 15 is 0 Å². The van der Waals surface area contributed by atoms with Crippen LogP contribution in [0.25, 0.3) is 0 Å². The van der Waals surface area contributed by atoms with Gasteiger partial charge in [0.05, 0.1) is 11.5 Å². The van der Waals surface area contributed by atoms with Gasteiger partial charge in [-0.2, -0.15) is 8.42 Å². The molecular formula is C15H22O3S. The average Bonchev–Trinajstić information content (AvgIpc) is 2.36. The second-order valence-electron chi connectivity index (χ2n) is 4.85. The van der Waals surface area contributed by atoms with Gasteiger partial charge in [0, 0.05) is 0 Å². The minimum atomic E-state index is -3.61. The Kier molecular flexibility index (Phi) is 6.25. The summed E-state index contributed by atoms with van der Waals surface area (Å²) in [4.78, 5) is 0.219. The molecule has 0 amide bonds. The number of aryl methyl sites for hydroxylation is 1. The zero-order chi connectivity index (χ0) is 14.3. The summed E-state index contributed by atoms with van der Waals surface area (Å²) in [6, 6.07) is 6.68. The Morgan fingerprint density at radius 3 is 2.47 bits per heavy atom. The van der Waals surface area contributed by atoms with E-state index < -0.39 is 10.1 Å². The predicted octanol–water partition coefficient (Wildman–Crippen LogP) is 3.69. The molecule has 0 fully saturated rings. The van der Waals surface area contributed by atoms with Crippen LogP contribution in [-0.4, -0.2) is 15.0 Å². The van der Waals surface area contributed by atoms with E-state index in [1.54, 1.807) is 24.3 Å². The van der Waals surface area contributed by atoms with Gasteiger partial charge in [-0.25, -0.2) is 0 Å². The highest BCUT2D eigenvalue weighted by Gasteiger charge is 2.15. The third kappa shape index (κ3) is 5.57. The lowest BCUT2D eigenvalue weighted by molar-refractivity contribution is 0.283. The molecule has 0 heterocycles. The first kappa shape index (κ1) is 15.9. The van der Waals surface area contributed by atoms with Crippen molar-refractivity contribution in [1.82, 2.24) is 0 Å². The first-order valence-corrected chi connectivity index (χ1v) is 7.93. The maximum absolute atomic E-state index is 11.9. The number of benzene rings is 1. The third-order valence-electron chi connectivity index (χ3n) is 3.02. The average molecular weight is 282 g/mol. The van der Waals surface area contributed by atoms with Crippen molar-refractivity contribution < 1.29 is 12.6 Å². The molecule has 0 saturated heterocycles. The largest absolute Gasteiger partial charge is 0.296 e. The molecule has 1 atom stereocenters. The molecular weight excluding hydrogens is 260 g/mol. The Bertz CT molecular complexity index is 489. The molecule has 0 aliphatic heterocycles. The summed E-state index contributed by atoms with van der Waals surface area (Å²) in [5, 5.41) is 0. The maximum atomic E-state index is 11.9. The zero-order valence-corrected chi connectivity index (χ0v) is 12.4. The van der Waals surface area contributed by atoms with Crippen molar-refractivity contribution in [3.63, 3.8) is 0 Å². The fourth-order valence-electron chi connectivity index (χ4n) is 1.68. The molecule has 1 aromatic rings. The minimum absolute atomic E-state index is 0.219. The zero-order valence-electron chi connectivity index (χ0n) is 11.6. The minimum Gasteiger partial charge on any atom is -0.266 e. The fourth-order valence-corrected chi connectivity index (χ4v) is 2.60. The Hall–Kier alpha value is -1.13. The Labute approximate surface area is 116 Å². The SMILES string of the molecule is C=CCC[C@@H](C)CCOS(=O)(=O)c1ccc(C)cc1. The van der Waals surface area contributed by atoms with Crippen molar-refractivity contribution in [1.29, 1.82) is 0 Å². The van der Waals surface area contributed by atoms with Crippen molar-refractivity contribution in [3.8, 4) is 0 Å². The molecule has 0 aliphatic rings. The van der Waals surface area contributed by atoms with Crippen molar-refractivity contribution in [2.45, 2.75) is 38.0 Å². The van der Waals surface area contributed by atoms with Crippen molar-refractivity contribution in [2.24, 2.45) is 5.92 Å². The number of rotatable bonds is 8. The summed E-state index contributed by atoms with van der Waals surface area (Å²) in [6.07, 6.45) is 4.57. The summed E-state index contributed by atoms with van der Waals surface area (Å²) < 4.78 is 28.9. The highest BCUT2D eigenvalue weighted by atomic mass is 32.2. The highest BCUT2D eigenvalue weighted by Crippen LogP contribution is 2.16. The van der Waals surface area contributed by atoms with Crippen LogP contribution in [0.5, 0.6) is 0 Å². The summed E-state index contributed by atoms with van der Waals surface area (Å²) >= 11 is 0. The van der Waals surface area contributed by atoms with Gasteiger partial charge in [0.25, 0.3) is 10.1 Å². The van der Waals surface area contributed by atoms with E-state index in [4.69, 9.17) is 4.18 Å². The lowest BCUT2D eigenvalue weighted by Crippen LogP contribution is -2.10. The Morgan fingerprint density at radius 2 is 1.89 bits per heavy atom. The Balaban J connectivity index is 2.47. The van der Waals surface area contributed by atoms with Crippen molar-refractivity contribution in [2.75, 3.05) is 6.61 Å². The molecule has 0 saturated carbocycles. The first-order valence-electron chi connectivity index (χ1n) is 6.52. The summed E-state index contributed by atoms with van der Waals surface area (Å²) in [7, 11) is -3.61. The van der Waals surface area contributed by atoms with Gasteiger partial charge in [0.1, 0.15) is 0 Å². The van der Waals surface area contributed by atoms with E-state index in [0.29, 0.717) is 5.92 Å². The lowest BCUT2D eigenvalue weighted by atomic mass is 10.0. The summed E-state index contributed by atoms with van der Waals surface area (Å²) in [6.45, 7) is 7.91. The van der Waals surface area contributed by atoms with Gasteiger partial charge >= 0.3 is 0 Å². The molecule has 0 unspecified atom stereocenters. The molecule has 0 aromatic heterocycles. The van der Waals surface area contributed by atoms with Gasteiger partial charge in [-0.1, -0.05) is 30.7 Å². The van der Waals surface area contributed by atoms with Crippen LogP contribution in [0.3, 0.4) is 0 Å². The van der Waals surface area contributed by atoms with Crippen molar-refractivity contribution in [3.05, 3.63) is 42.5 Å². The van der Waals surface area contributed by atoms with E-state index in [-0.39, 0.29) is 11.5 Å². The van der Waals surface area contributed by atoms with Gasteiger partial charge in [-0.3, -0.25) is 4.18 Å². The standard InChI is InChI=1S/C15H22O3S/c1-4-5-6-13(2)11-12-18-19(16,17)15-9-7-14(3)8-10-15/h4,7-10,13H,1,5-6,11-12H2,2-3H3/t13-/m1/s1. The summed E-state index contributed by atoms with van der Waals surface area (Å²) in [5.41, 5.74) is 1.02. The monoisotopic (exact) mass is 282 g/mol. The summed E-state index contributed by atoms with van der Waals surface area (Å²) in [5.74, 6) is 0.436. The molecule has 0 N–H and O–H groups in total. The topological polar surface area (TPSA) is 43.4 Å². The van der Waals surface area contributed by atoms with E-state index in [1.807, 2.05) is 13.0 Å². The van der Waals surface area contributed by atoms with Gasteiger partial charge < -0.3 is 0 Å². The number of allylic oxidation sites excluding steroid dienone is 1. The molecule has 0 spiro atoms. The van der Waals surface area contributed by atoms with Crippen LogP contribution in [0.2, 0.25) is 0 Å². The van der Waals surface area contributed by atoms with Gasteiger partial charge in [-0.15, -0.1) is 6.58 Å². The van der Waals surface area contributed by atoms with Crippen LogP contribution in [0.4, 0.5) is 0 Å². The molecule has 0 bridgehead atoms. The van der Waals surface area contributed by atoms with E-state index in [2.05, 4.69) is 13.5 Å². The molecule has 106 valence electrons. The van der Waals surface area contributed by atoms with Gasteiger partial charge in [0.15, 0.2) is 0 Å².